The van der Waals surface area contributed by atoms with Crippen LogP contribution in [0.2, 0.25) is 5.02 Å². The molecule has 0 saturated heterocycles. The first kappa shape index (κ1) is 21.0. The molecule has 0 aliphatic carbocycles. The molecule has 29 heavy (non-hydrogen) atoms. The van der Waals surface area contributed by atoms with E-state index in [4.69, 9.17) is 11.6 Å². The fraction of sp³-hybridized carbons (Fsp3) is 0.238. The highest BCUT2D eigenvalue weighted by atomic mass is 35.5. The van der Waals surface area contributed by atoms with Crippen molar-refractivity contribution in [3.05, 3.63) is 85.4 Å². The van der Waals surface area contributed by atoms with Crippen LogP contribution >= 0.6 is 22.9 Å². The number of hydrogen-bond acceptors (Lipinski definition) is 5. The summed E-state index contributed by atoms with van der Waals surface area (Å²) in [5, 5.41) is 14.8. The lowest BCUT2D eigenvalue weighted by Crippen LogP contribution is -2.15. The molecule has 0 radical (unpaired) electrons. The van der Waals surface area contributed by atoms with Gasteiger partial charge in [0.2, 0.25) is 0 Å². The summed E-state index contributed by atoms with van der Waals surface area (Å²) in [5.41, 5.74) is 2.13. The number of anilines is 1. The van der Waals surface area contributed by atoms with Crippen molar-refractivity contribution in [3.63, 3.8) is 0 Å². The van der Waals surface area contributed by atoms with Crippen molar-refractivity contribution in [3.8, 4) is 0 Å². The molecule has 0 fully saturated rings. The van der Waals surface area contributed by atoms with Crippen LogP contribution in [-0.4, -0.2) is 15.8 Å². The first-order valence-electron chi connectivity index (χ1n) is 8.94. The van der Waals surface area contributed by atoms with Gasteiger partial charge < -0.3 is 0 Å². The Labute approximate surface area is 177 Å². The van der Waals surface area contributed by atoms with Crippen LogP contribution in [0.3, 0.4) is 0 Å². The SMILES string of the molecule is CC(C)(C)c1nc(NC(=O)c2ccc([N+](=O)[O-])cc2)sc1Cc1ccc(Cl)cc1. The highest BCUT2D eigenvalue weighted by Crippen LogP contribution is 2.34. The minimum absolute atomic E-state index is 0.0592. The van der Waals surface area contributed by atoms with Crippen molar-refractivity contribution in [2.45, 2.75) is 32.6 Å². The standard InChI is InChI=1S/C21H20ClN3O3S/c1-21(2,3)18-17(12-13-4-8-15(22)9-5-13)29-20(23-18)24-19(26)14-6-10-16(11-7-14)25(27)28/h4-11H,12H2,1-3H3,(H,23,24,26). The summed E-state index contributed by atoms with van der Waals surface area (Å²) in [6, 6.07) is 13.1. The maximum atomic E-state index is 12.5. The number of halogens is 1. The molecule has 3 aromatic rings. The third kappa shape index (κ3) is 5.19. The van der Waals surface area contributed by atoms with Crippen LogP contribution in [0.25, 0.3) is 0 Å². The van der Waals surface area contributed by atoms with E-state index in [0.717, 1.165) is 16.1 Å². The summed E-state index contributed by atoms with van der Waals surface area (Å²) in [7, 11) is 0. The maximum absolute atomic E-state index is 12.5. The van der Waals surface area contributed by atoms with Gasteiger partial charge in [-0.25, -0.2) is 4.98 Å². The predicted molar refractivity (Wildman–Crippen MR) is 116 cm³/mol. The lowest BCUT2D eigenvalue weighted by Gasteiger charge is -2.17. The molecule has 0 bridgehead atoms. The summed E-state index contributed by atoms with van der Waals surface area (Å²) in [4.78, 5) is 28.5. The van der Waals surface area contributed by atoms with E-state index in [1.165, 1.54) is 35.6 Å². The number of rotatable bonds is 5. The first-order chi connectivity index (χ1) is 13.6. The van der Waals surface area contributed by atoms with Crippen molar-refractivity contribution in [1.82, 2.24) is 4.98 Å². The number of carbonyl (C=O) groups excluding carboxylic acids is 1. The van der Waals surface area contributed by atoms with Crippen molar-refractivity contribution in [1.29, 1.82) is 0 Å². The van der Waals surface area contributed by atoms with Crippen molar-refractivity contribution in [2.24, 2.45) is 0 Å². The van der Waals surface area contributed by atoms with Crippen LogP contribution in [0, 0.1) is 10.1 Å². The minimum atomic E-state index is -0.499. The van der Waals surface area contributed by atoms with E-state index in [1.54, 1.807) is 0 Å². The molecule has 3 rings (SSSR count). The van der Waals surface area contributed by atoms with Crippen LogP contribution in [0.15, 0.2) is 48.5 Å². The Hall–Kier alpha value is -2.77. The van der Waals surface area contributed by atoms with Gasteiger partial charge in [0.05, 0.1) is 10.6 Å². The molecule has 1 heterocycles. The van der Waals surface area contributed by atoms with Gasteiger partial charge in [0.1, 0.15) is 0 Å². The van der Waals surface area contributed by atoms with Gasteiger partial charge in [-0.05, 0) is 29.8 Å². The molecule has 0 saturated carbocycles. The van der Waals surface area contributed by atoms with Gasteiger partial charge in [0.25, 0.3) is 11.6 Å². The van der Waals surface area contributed by atoms with Crippen LogP contribution in [-0.2, 0) is 11.8 Å². The average molecular weight is 430 g/mol. The van der Waals surface area contributed by atoms with E-state index in [9.17, 15) is 14.9 Å². The zero-order valence-electron chi connectivity index (χ0n) is 16.2. The number of aromatic nitrogens is 1. The quantitative estimate of drug-likeness (QED) is 0.407. The predicted octanol–water partition coefficient (Wildman–Crippen LogP) is 5.85. The summed E-state index contributed by atoms with van der Waals surface area (Å²) < 4.78 is 0. The van der Waals surface area contributed by atoms with E-state index in [1.807, 2.05) is 24.3 Å². The Balaban J connectivity index is 1.83. The molecule has 8 heteroatoms. The fourth-order valence-corrected chi connectivity index (χ4v) is 4.13. The zero-order valence-corrected chi connectivity index (χ0v) is 17.8. The topological polar surface area (TPSA) is 85.1 Å². The fourth-order valence-electron chi connectivity index (χ4n) is 2.80. The molecule has 2 aromatic carbocycles. The van der Waals surface area contributed by atoms with Gasteiger partial charge in [-0.3, -0.25) is 20.2 Å². The first-order valence-corrected chi connectivity index (χ1v) is 10.1. The Morgan fingerprint density at radius 3 is 2.31 bits per heavy atom. The molecule has 1 amide bonds. The Bertz CT molecular complexity index is 1040. The van der Waals surface area contributed by atoms with Crippen LogP contribution in [0.5, 0.6) is 0 Å². The number of amides is 1. The Morgan fingerprint density at radius 1 is 1.14 bits per heavy atom. The molecule has 1 aromatic heterocycles. The van der Waals surface area contributed by atoms with E-state index in [-0.39, 0.29) is 17.0 Å². The second kappa shape index (κ2) is 8.31. The minimum Gasteiger partial charge on any atom is -0.298 e. The van der Waals surface area contributed by atoms with E-state index in [2.05, 4.69) is 31.1 Å². The Kier molecular flexibility index (Phi) is 6.00. The third-order valence-corrected chi connectivity index (χ3v) is 5.47. The Morgan fingerprint density at radius 2 is 1.76 bits per heavy atom. The molecule has 1 N–H and O–H groups in total. The van der Waals surface area contributed by atoms with Gasteiger partial charge in [-0.1, -0.05) is 44.5 Å². The molecule has 6 nitrogen and oxygen atoms in total. The molecule has 150 valence electrons. The van der Waals surface area contributed by atoms with Crippen molar-refractivity contribution < 1.29 is 9.72 Å². The lowest BCUT2D eigenvalue weighted by atomic mass is 9.90. The summed E-state index contributed by atoms with van der Waals surface area (Å²) in [6.45, 7) is 6.24. The van der Waals surface area contributed by atoms with Gasteiger partial charge in [-0.15, -0.1) is 11.3 Å². The highest BCUT2D eigenvalue weighted by Gasteiger charge is 2.24. The number of nitro benzene ring substituents is 1. The second-order valence-corrected chi connectivity index (χ2v) is 9.12. The molecule has 0 aliphatic heterocycles. The maximum Gasteiger partial charge on any atom is 0.269 e. The molecule has 0 spiro atoms. The van der Waals surface area contributed by atoms with Crippen LogP contribution in [0.4, 0.5) is 10.8 Å². The zero-order chi connectivity index (χ0) is 21.2. The number of hydrogen-bond donors (Lipinski definition) is 1. The number of carbonyl (C=O) groups is 1. The van der Waals surface area contributed by atoms with Gasteiger partial charge in [0.15, 0.2) is 5.13 Å². The average Bonchev–Trinajstić information content (AvgIpc) is 3.06. The van der Waals surface area contributed by atoms with Gasteiger partial charge in [0, 0.05) is 39.4 Å². The normalized spacial score (nSPS) is 11.3. The summed E-state index contributed by atoms with van der Waals surface area (Å²) >= 11 is 7.40. The number of nitro groups is 1. The number of thiazole rings is 1. The van der Waals surface area contributed by atoms with Crippen LogP contribution in [0.1, 0.15) is 47.3 Å². The van der Waals surface area contributed by atoms with E-state index < -0.39 is 4.92 Å². The second-order valence-electron chi connectivity index (χ2n) is 7.60. The summed E-state index contributed by atoms with van der Waals surface area (Å²) in [5.74, 6) is -0.354. The molecule has 0 aliphatic rings. The van der Waals surface area contributed by atoms with Crippen molar-refractivity contribution >= 4 is 39.7 Å². The number of benzene rings is 2. The smallest absolute Gasteiger partial charge is 0.269 e. The monoisotopic (exact) mass is 429 g/mol. The largest absolute Gasteiger partial charge is 0.298 e. The third-order valence-electron chi connectivity index (χ3n) is 4.25. The highest BCUT2D eigenvalue weighted by molar-refractivity contribution is 7.16. The molecule has 0 unspecified atom stereocenters. The van der Waals surface area contributed by atoms with Crippen molar-refractivity contribution in [2.75, 3.05) is 5.32 Å². The molecule has 0 atom stereocenters. The van der Waals surface area contributed by atoms with Gasteiger partial charge in [-0.2, -0.15) is 0 Å². The van der Waals surface area contributed by atoms with E-state index >= 15 is 0 Å². The number of nitrogens with one attached hydrogen (secondary N) is 1. The molecular formula is C21H20ClN3O3S. The lowest BCUT2D eigenvalue weighted by molar-refractivity contribution is -0.384. The number of non-ortho nitro benzene ring substituents is 1. The summed E-state index contributed by atoms with van der Waals surface area (Å²) in [6.07, 6.45) is 0.689. The van der Waals surface area contributed by atoms with Gasteiger partial charge >= 0.3 is 0 Å². The van der Waals surface area contributed by atoms with E-state index in [0.29, 0.717) is 22.1 Å². The van der Waals surface area contributed by atoms with Crippen LogP contribution < -0.4 is 5.32 Å². The molecular weight excluding hydrogens is 410 g/mol. The number of nitrogens with zero attached hydrogens (tertiary/aromatic N) is 2.